The second kappa shape index (κ2) is 6.88. The Kier molecular flexibility index (Phi) is 5.17. The fourth-order valence-corrected chi connectivity index (χ4v) is 2.55. The summed E-state index contributed by atoms with van der Waals surface area (Å²) in [6, 6.07) is 7.79. The van der Waals surface area contributed by atoms with Crippen molar-refractivity contribution in [3.8, 4) is 0 Å². The predicted molar refractivity (Wildman–Crippen MR) is 76.2 cm³/mol. The van der Waals surface area contributed by atoms with Gasteiger partial charge in [-0.2, -0.15) is 0 Å². The molecule has 0 aliphatic heterocycles. The van der Waals surface area contributed by atoms with Gasteiger partial charge in [0.2, 0.25) is 0 Å². The summed E-state index contributed by atoms with van der Waals surface area (Å²) < 4.78 is 18.3. The molecular weight excluding hydrogens is 281 g/mol. The van der Waals surface area contributed by atoms with Crippen molar-refractivity contribution in [2.45, 2.75) is 24.9 Å². The molecule has 1 aromatic heterocycles. The van der Waals surface area contributed by atoms with Gasteiger partial charge in [0.15, 0.2) is 0 Å². The Morgan fingerprint density at radius 1 is 1.35 bits per heavy atom. The minimum Gasteiger partial charge on any atom is -0.469 e. The largest absolute Gasteiger partial charge is 0.469 e. The van der Waals surface area contributed by atoms with Crippen molar-refractivity contribution < 1.29 is 13.9 Å². The zero-order valence-electron chi connectivity index (χ0n) is 10.9. The molecule has 0 saturated heterocycles. The summed E-state index contributed by atoms with van der Waals surface area (Å²) in [6.07, 6.45) is 2.05. The number of rotatable bonds is 6. The van der Waals surface area contributed by atoms with Crippen molar-refractivity contribution in [1.29, 1.82) is 0 Å². The quantitative estimate of drug-likeness (QED) is 0.861. The zero-order valence-corrected chi connectivity index (χ0v) is 11.7. The molecule has 0 bridgehead atoms. The summed E-state index contributed by atoms with van der Waals surface area (Å²) >= 11 is 6.02. The molecule has 0 saturated carbocycles. The number of furan rings is 1. The topological polar surface area (TPSA) is 59.4 Å². The van der Waals surface area contributed by atoms with E-state index < -0.39 is 11.9 Å². The fraction of sp³-hybridized carbons (Fsp3) is 0.333. The number of aryl methyl sites for hydroxylation is 1. The Hall–Kier alpha value is -1.36. The zero-order chi connectivity index (χ0) is 14.5. The van der Waals surface area contributed by atoms with E-state index in [1.165, 1.54) is 12.1 Å². The minimum atomic E-state index is -0.659. The smallest absolute Gasteiger partial charge is 0.124 e. The van der Waals surface area contributed by atoms with Crippen LogP contribution >= 0.6 is 11.6 Å². The van der Waals surface area contributed by atoms with Crippen LogP contribution in [0.4, 0.5) is 4.39 Å². The molecule has 0 aliphatic carbocycles. The Labute approximate surface area is 122 Å². The van der Waals surface area contributed by atoms with E-state index in [1.807, 2.05) is 6.07 Å². The summed E-state index contributed by atoms with van der Waals surface area (Å²) in [5.74, 6) is 0.0858. The Balaban J connectivity index is 2.06. The van der Waals surface area contributed by atoms with Gasteiger partial charge in [-0.3, -0.25) is 0 Å². The number of aliphatic hydroxyl groups is 1. The molecule has 2 unspecified atom stereocenters. The lowest BCUT2D eigenvalue weighted by Crippen LogP contribution is -2.26. The molecule has 2 aromatic rings. The number of nitrogens with two attached hydrogens (primary N) is 1. The van der Waals surface area contributed by atoms with Crippen molar-refractivity contribution in [3.05, 3.63) is 58.8 Å². The molecule has 1 aromatic carbocycles. The predicted octanol–water partition coefficient (Wildman–Crippen LogP) is 3.11. The molecule has 2 atom stereocenters. The first-order valence-corrected chi connectivity index (χ1v) is 6.85. The normalized spacial score (nSPS) is 14.2. The van der Waals surface area contributed by atoms with E-state index in [9.17, 15) is 9.50 Å². The van der Waals surface area contributed by atoms with E-state index in [2.05, 4.69) is 0 Å². The Bertz CT molecular complexity index is 545. The molecule has 3 N–H and O–H groups in total. The molecule has 1 heterocycles. The number of hydrogen-bond acceptors (Lipinski definition) is 3. The first-order valence-electron chi connectivity index (χ1n) is 6.47. The van der Waals surface area contributed by atoms with Crippen molar-refractivity contribution in [1.82, 2.24) is 0 Å². The van der Waals surface area contributed by atoms with Gasteiger partial charge in [0, 0.05) is 23.9 Å². The number of aliphatic hydroxyl groups excluding tert-OH is 1. The maximum atomic E-state index is 13.1. The number of hydrogen-bond donors (Lipinski definition) is 2. The lowest BCUT2D eigenvalue weighted by molar-refractivity contribution is 0.134. The average Bonchev–Trinajstić information content (AvgIpc) is 2.93. The van der Waals surface area contributed by atoms with Gasteiger partial charge in [0.05, 0.1) is 12.4 Å². The van der Waals surface area contributed by atoms with Gasteiger partial charge < -0.3 is 15.3 Å². The fourth-order valence-electron chi connectivity index (χ4n) is 2.24. The van der Waals surface area contributed by atoms with Crippen LogP contribution in [0.2, 0.25) is 5.02 Å². The van der Waals surface area contributed by atoms with E-state index in [-0.39, 0.29) is 17.5 Å². The van der Waals surface area contributed by atoms with Crippen LogP contribution in [0.25, 0.3) is 0 Å². The van der Waals surface area contributed by atoms with Gasteiger partial charge in [-0.15, -0.1) is 0 Å². The second-order valence-electron chi connectivity index (χ2n) is 4.69. The first-order chi connectivity index (χ1) is 9.61. The molecule has 0 radical (unpaired) electrons. The van der Waals surface area contributed by atoms with Crippen LogP contribution in [-0.2, 0) is 6.42 Å². The van der Waals surface area contributed by atoms with Crippen LogP contribution in [0.1, 0.15) is 23.7 Å². The number of halogens is 2. The van der Waals surface area contributed by atoms with E-state index in [4.69, 9.17) is 21.8 Å². The third kappa shape index (κ3) is 3.60. The molecule has 0 aliphatic rings. The van der Waals surface area contributed by atoms with Crippen LogP contribution in [0.15, 0.2) is 41.0 Å². The lowest BCUT2D eigenvalue weighted by atomic mass is 9.90. The highest BCUT2D eigenvalue weighted by Gasteiger charge is 2.22. The lowest BCUT2D eigenvalue weighted by Gasteiger charge is -2.22. The van der Waals surface area contributed by atoms with E-state index >= 15 is 0 Å². The van der Waals surface area contributed by atoms with Gasteiger partial charge in [0.25, 0.3) is 0 Å². The third-order valence-corrected chi connectivity index (χ3v) is 3.67. The molecule has 5 heteroatoms. The summed E-state index contributed by atoms with van der Waals surface area (Å²) in [5.41, 5.74) is 6.39. The summed E-state index contributed by atoms with van der Waals surface area (Å²) in [7, 11) is 0. The van der Waals surface area contributed by atoms with E-state index in [1.54, 1.807) is 18.4 Å². The SMILES string of the molecule is NCC(c1ccc(F)cc1Cl)C(O)CCc1ccco1. The monoisotopic (exact) mass is 297 g/mol. The second-order valence-corrected chi connectivity index (χ2v) is 5.10. The molecule has 2 rings (SSSR count). The third-order valence-electron chi connectivity index (χ3n) is 3.35. The average molecular weight is 298 g/mol. The molecular formula is C15H17ClFNO2. The molecule has 0 amide bonds. The maximum absolute atomic E-state index is 13.1. The van der Waals surface area contributed by atoms with Gasteiger partial charge in [0.1, 0.15) is 11.6 Å². The van der Waals surface area contributed by atoms with Gasteiger partial charge >= 0.3 is 0 Å². The highest BCUT2D eigenvalue weighted by Crippen LogP contribution is 2.29. The van der Waals surface area contributed by atoms with E-state index in [0.29, 0.717) is 18.4 Å². The first kappa shape index (κ1) is 15.0. The number of benzene rings is 1. The summed E-state index contributed by atoms with van der Waals surface area (Å²) in [6.45, 7) is 0.241. The molecule has 20 heavy (non-hydrogen) atoms. The van der Waals surface area contributed by atoms with Crippen LogP contribution < -0.4 is 5.73 Å². The molecule has 0 spiro atoms. The van der Waals surface area contributed by atoms with Gasteiger partial charge in [-0.05, 0) is 36.2 Å². The summed E-state index contributed by atoms with van der Waals surface area (Å²) in [4.78, 5) is 0. The van der Waals surface area contributed by atoms with Crippen LogP contribution in [0, 0.1) is 5.82 Å². The van der Waals surface area contributed by atoms with Crippen LogP contribution in [0.5, 0.6) is 0 Å². The van der Waals surface area contributed by atoms with Gasteiger partial charge in [-0.25, -0.2) is 4.39 Å². The molecule has 108 valence electrons. The van der Waals surface area contributed by atoms with E-state index in [0.717, 1.165) is 5.76 Å². The van der Waals surface area contributed by atoms with Crippen LogP contribution in [0.3, 0.4) is 0 Å². The Morgan fingerprint density at radius 3 is 2.75 bits per heavy atom. The van der Waals surface area contributed by atoms with Gasteiger partial charge in [-0.1, -0.05) is 17.7 Å². The summed E-state index contributed by atoms with van der Waals surface area (Å²) in [5, 5.41) is 10.6. The van der Waals surface area contributed by atoms with Crippen molar-refractivity contribution >= 4 is 11.6 Å². The van der Waals surface area contributed by atoms with Crippen LogP contribution in [-0.4, -0.2) is 17.8 Å². The van der Waals surface area contributed by atoms with Crippen molar-refractivity contribution in [3.63, 3.8) is 0 Å². The standard InChI is InChI=1S/C15H17ClFNO2/c16-14-8-10(17)3-5-12(14)13(9-18)15(19)6-4-11-2-1-7-20-11/h1-3,5,7-8,13,15,19H,4,6,9,18H2. The van der Waals surface area contributed by atoms with Crippen molar-refractivity contribution in [2.75, 3.05) is 6.54 Å². The molecule has 3 nitrogen and oxygen atoms in total. The van der Waals surface area contributed by atoms with Crippen molar-refractivity contribution in [2.24, 2.45) is 5.73 Å². The highest BCUT2D eigenvalue weighted by molar-refractivity contribution is 6.31. The molecule has 0 fully saturated rings. The Morgan fingerprint density at radius 2 is 2.15 bits per heavy atom. The maximum Gasteiger partial charge on any atom is 0.124 e. The minimum absolute atomic E-state index is 0.241. The highest BCUT2D eigenvalue weighted by atomic mass is 35.5.